The zero-order valence-electron chi connectivity index (χ0n) is 14.5. The summed E-state index contributed by atoms with van der Waals surface area (Å²) in [5, 5.41) is 10.1. The van der Waals surface area contributed by atoms with Gasteiger partial charge < -0.3 is 9.26 Å². The molecule has 0 radical (unpaired) electrons. The van der Waals surface area contributed by atoms with Gasteiger partial charge >= 0.3 is 5.97 Å². The van der Waals surface area contributed by atoms with E-state index in [0.717, 1.165) is 5.01 Å². The lowest BCUT2D eigenvalue weighted by atomic mass is 9.92. The predicted octanol–water partition coefficient (Wildman–Crippen LogP) is 3.00. The fraction of sp³-hybridized carbons (Fsp3) is 0.625. The lowest BCUT2D eigenvalue weighted by Gasteiger charge is -2.28. The zero-order valence-corrected chi connectivity index (χ0v) is 15.3. The number of hydrogen-bond donors (Lipinski definition) is 1. The molecule has 0 aromatic carbocycles. The largest absolute Gasteiger partial charge is 0.459 e. The van der Waals surface area contributed by atoms with Crippen molar-refractivity contribution in [2.45, 2.75) is 64.1 Å². The maximum atomic E-state index is 12.7. The molecule has 2 aromatic rings. The molecule has 1 fully saturated rings. The smallest absolute Gasteiger partial charge is 0.326 e. The summed E-state index contributed by atoms with van der Waals surface area (Å²) >= 11 is 1.54. The first-order valence-electron chi connectivity index (χ1n) is 7.89. The fourth-order valence-corrected chi connectivity index (χ4v) is 3.66. The van der Waals surface area contributed by atoms with E-state index in [-0.39, 0.29) is 19.4 Å². The Labute approximate surface area is 146 Å². The molecular formula is C16H24N4O3S. The molecule has 8 heteroatoms. The Kier molecular flexibility index (Phi) is 4.21. The van der Waals surface area contributed by atoms with Crippen LogP contribution in [0.4, 0.5) is 0 Å². The van der Waals surface area contributed by atoms with E-state index in [9.17, 15) is 4.79 Å². The van der Waals surface area contributed by atoms with Crippen molar-refractivity contribution in [1.29, 1.82) is 0 Å². The van der Waals surface area contributed by atoms with Crippen LogP contribution in [0, 0.1) is 6.92 Å². The van der Waals surface area contributed by atoms with Crippen LogP contribution < -0.4 is 5.32 Å². The number of thiazole rings is 1. The summed E-state index contributed by atoms with van der Waals surface area (Å²) in [6, 6.07) is -0.164. The molecule has 1 saturated heterocycles. The lowest BCUT2D eigenvalue weighted by molar-refractivity contribution is -0.162. The van der Waals surface area contributed by atoms with Crippen molar-refractivity contribution < 1.29 is 15.5 Å². The Balaban J connectivity index is 0.00000225. The second kappa shape index (κ2) is 5.93. The van der Waals surface area contributed by atoms with Gasteiger partial charge in [-0.1, -0.05) is 5.16 Å². The monoisotopic (exact) mass is 352 g/mol. The van der Waals surface area contributed by atoms with Gasteiger partial charge in [-0.05, 0) is 41.0 Å². The Morgan fingerprint density at radius 3 is 2.83 bits per heavy atom. The number of ether oxygens (including phenoxy) is 1. The van der Waals surface area contributed by atoms with E-state index in [4.69, 9.17) is 9.26 Å². The number of nitrogens with one attached hydrogen (secondary N) is 1. The number of carbonyl (C=O) groups is 1. The molecule has 3 rings (SSSR count). The Morgan fingerprint density at radius 1 is 1.54 bits per heavy atom. The molecule has 24 heavy (non-hydrogen) atoms. The van der Waals surface area contributed by atoms with Gasteiger partial charge in [0, 0.05) is 13.0 Å². The molecule has 0 saturated carbocycles. The van der Waals surface area contributed by atoms with Gasteiger partial charge in [-0.2, -0.15) is 4.98 Å². The number of nitrogens with zero attached hydrogens (tertiary/aromatic N) is 3. The van der Waals surface area contributed by atoms with Crippen molar-refractivity contribution in [3.05, 3.63) is 28.3 Å². The quantitative estimate of drug-likeness (QED) is 0.849. The average Bonchev–Trinajstić information content (AvgIpc) is 3.16. The maximum absolute atomic E-state index is 12.7. The van der Waals surface area contributed by atoms with Crippen LogP contribution in [-0.4, -0.2) is 32.2 Å². The van der Waals surface area contributed by atoms with E-state index < -0.39 is 11.1 Å². The number of carbonyl (C=O) groups excluding carboxylic acids is 1. The maximum Gasteiger partial charge on any atom is 0.326 e. The van der Waals surface area contributed by atoms with E-state index in [1.54, 1.807) is 13.1 Å². The van der Waals surface area contributed by atoms with Crippen molar-refractivity contribution in [2.24, 2.45) is 0 Å². The van der Waals surface area contributed by atoms with Crippen molar-refractivity contribution in [3.63, 3.8) is 0 Å². The highest BCUT2D eigenvalue weighted by atomic mass is 32.1. The van der Waals surface area contributed by atoms with Crippen molar-refractivity contribution in [2.75, 3.05) is 0 Å². The molecule has 0 unspecified atom stereocenters. The minimum Gasteiger partial charge on any atom is -0.459 e. The van der Waals surface area contributed by atoms with Crippen LogP contribution in [0.25, 0.3) is 0 Å². The van der Waals surface area contributed by atoms with Gasteiger partial charge in [0.2, 0.25) is 5.89 Å². The molecule has 2 aromatic heterocycles. The Hall–Kier alpha value is -1.80. The van der Waals surface area contributed by atoms with Gasteiger partial charge in [-0.3, -0.25) is 10.1 Å². The highest BCUT2D eigenvalue weighted by molar-refractivity contribution is 7.09. The third kappa shape index (κ3) is 3.34. The van der Waals surface area contributed by atoms with Crippen LogP contribution in [0.1, 0.15) is 64.2 Å². The van der Waals surface area contributed by atoms with Gasteiger partial charge in [-0.15, -0.1) is 11.3 Å². The highest BCUT2D eigenvalue weighted by Crippen LogP contribution is 2.45. The zero-order chi connectivity index (χ0) is 17.5. The summed E-state index contributed by atoms with van der Waals surface area (Å²) in [7, 11) is 0. The number of aryl methyl sites for hydroxylation is 1. The van der Waals surface area contributed by atoms with Crippen LogP contribution in [0.15, 0.2) is 16.1 Å². The first-order chi connectivity index (χ1) is 11.2. The number of hydrogen-bond acceptors (Lipinski definition) is 8. The average molecular weight is 352 g/mol. The van der Waals surface area contributed by atoms with Crippen LogP contribution in [0.5, 0.6) is 0 Å². The normalized spacial score (nSPS) is 27.4. The minimum atomic E-state index is -0.837. The van der Waals surface area contributed by atoms with Crippen molar-refractivity contribution in [1.82, 2.24) is 20.4 Å². The standard InChI is InChI=1S/C16H22N4O3S.H2/c1-9-18-12(23-20-9)10-8-16(5,14(21)22-15(2,3)4)19-11(10)13-17-6-7-24-13;/h6-7,10-11,19H,8H2,1-5H3;1H/t10-,11+,16-;/m0./s1. The first kappa shape index (κ1) is 17.0. The molecule has 0 aliphatic carbocycles. The summed E-state index contributed by atoms with van der Waals surface area (Å²) in [5.41, 5.74) is -1.38. The molecule has 3 atom stereocenters. The van der Waals surface area contributed by atoms with Crippen molar-refractivity contribution >= 4 is 17.3 Å². The predicted molar refractivity (Wildman–Crippen MR) is 90.7 cm³/mol. The lowest BCUT2D eigenvalue weighted by Crippen LogP contribution is -2.48. The van der Waals surface area contributed by atoms with Gasteiger partial charge in [0.25, 0.3) is 0 Å². The third-order valence-corrected chi connectivity index (χ3v) is 4.79. The summed E-state index contributed by atoms with van der Waals surface area (Å²) in [4.78, 5) is 21.5. The molecular weight excluding hydrogens is 328 g/mol. The molecule has 0 spiro atoms. The Morgan fingerprint density at radius 2 is 2.29 bits per heavy atom. The first-order valence-corrected chi connectivity index (χ1v) is 8.77. The second-order valence-corrected chi connectivity index (χ2v) is 8.24. The van der Waals surface area contributed by atoms with Gasteiger partial charge in [0.1, 0.15) is 16.1 Å². The highest BCUT2D eigenvalue weighted by Gasteiger charge is 2.52. The van der Waals surface area contributed by atoms with Crippen LogP contribution in [0.2, 0.25) is 0 Å². The molecule has 1 aliphatic rings. The number of esters is 1. The molecule has 132 valence electrons. The van der Waals surface area contributed by atoms with Crippen LogP contribution in [0.3, 0.4) is 0 Å². The summed E-state index contributed by atoms with van der Waals surface area (Å²) in [5.74, 6) is 0.686. The van der Waals surface area contributed by atoms with Gasteiger partial charge in [0.05, 0.1) is 12.0 Å². The molecule has 0 amide bonds. The van der Waals surface area contributed by atoms with E-state index in [0.29, 0.717) is 18.1 Å². The molecule has 7 nitrogen and oxygen atoms in total. The SMILES string of the molecule is Cc1noc([C@H]2C[C@@](C)(C(=O)OC(C)(C)C)N[C@H]2c2nccs2)n1.[HH]. The van der Waals surface area contributed by atoms with E-state index in [1.165, 1.54) is 11.3 Å². The van der Waals surface area contributed by atoms with Gasteiger partial charge in [-0.25, -0.2) is 4.98 Å². The van der Waals surface area contributed by atoms with Crippen molar-refractivity contribution in [3.8, 4) is 0 Å². The van der Waals surface area contributed by atoms with Crippen LogP contribution >= 0.6 is 11.3 Å². The number of rotatable bonds is 3. The van der Waals surface area contributed by atoms with E-state index in [1.807, 2.05) is 33.1 Å². The summed E-state index contributed by atoms with van der Waals surface area (Å²) in [6.07, 6.45) is 2.26. The summed E-state index contributed by atoms with van der Waals surface area (Å²) in [6.45, 7) is 9.22. The van der Waals surface area contributed by atoms with Gasteiger partial charge in [0.15, 0.2) is 5.82 Å². The molecule has 0 bridgehead atoms. The molecule has 3 heterocycles. The van der Waals surface area contributed by atoms with E-state index >= 15 is 0 Å². The fourth-order valence-electron chi connectivity index (χ4n) is 2.91. The molecule has 1 N–H and O–H groups in total. The second-order valence-electron chi connectivity index (χ2n) is 7.32. The number of aromatic nitrogens is 3. The van der Waals surface area contributed by atoms with Crippen LogP contribution in [-0.2, 0) is 9.53 Å². The topological polar surface area (TPSA) is 90.1 Å². The minimum absolute atomic E-state index is 0. The summed E-state index contributed by atoms with van der Waals surface area (Å²) < 4.78 is 11.0. The Bertz CT molecular complexity index is 728. The molecule has 1 aliphatic heterocycles. The third-order valence-electron chi connectivity index (χ3n) is 3.93. The van der Waals surface area contributed by atoms with E-state index in [2.05, 4.69) is 20.4 Å².